The number of thiophene rings is 1. The molecule has 1 fully saturated rings. The maximum absolute atomic E-state index is 12.1. The minimum Gasteiger partial charge on any atom is -0.374 e. The number of halogens is 1. The van der Waals surface area contributed by atoms with Crippen LogP contribution >= 0.6 is 22.9 Å². The van der Waals surface area contributed by atoms with E-state index in [0.29, 0.717) is 29.8 Å². The molecule has 2 heterocycles. The second-order valence-corrected chi connectivity index (χ2v) is 6.86. The zero-order valence-corrected chi connectivity index (χ0v) is 10.9. The predicted octanol–water partition coefficient (Wildman–Crippen LogP) is 1.38. The van der Waals surface area contributed by atoms with Gasteiger partial charge in [0.25, 0.3) is 10.0 Å². The Morgan fingerprint density at radius 3 is 3.06 bits per heavy atom. The minimum absolute atomic E-state index is 0.204. The Labute approximate surface area is 104 Å². The second kappa shape index (κ2) is 5.01. The maximum Gasteiger partial charge on any atom is 0.252 e. The van der Waals surface area contributed by atoms with Gasteiger partial charge in [-0.1, -0.05) is 6.07 Å². The molecule has 1 aliphatic heterocycles. The summed E-state index contributed by atoms with van der Waals surface area (Å²) in [6, 6.07) is 3.35. The molecule has 1 unspecified atom stereocenters. The second-order valence-electron chi connectivity index (χ2n) is 3.44. The molecule has 0 aliphatic carbocycles. The van der Waals surface area contributed by atoms with Crippen LogP contribution in [0.2, 0.25) is 0 Å². The first-order valence-corrected chi connectivity index (χ1v) is 7.71. The van der Waals surface area contributed by atoms with Crippen LogP contribution in [0.15, 0.2) is 21.7 Å². The molecule has 1 aromatic heterocycles. The highest BCUT2D eigenvalue weighted by Crippen LogP contribution is 2.22. The number of morpholine rings is 1. The molecule has 90 valence electrons. The Kier molecular flexibility index (Phi) is 3.86. The van der Waals surface area contributed by atoms with Crippen LogP contribution in [0.3, 0.4) is 0 Å². The van der Waals surface area contributed by atoms with Crippen molar-refractivity contribution in [1.82, 2.24) is 4.31 Å². The van der Waals surface area contributed by atoms with Gasteiger partial charge in [-0.15, -0.1) is 22.9 Å². The lowest BCUT2D eigenvalue weighted by atomic mass is 10.3. The van der Waals surface area contributed by atoms with Crippen LogP contribution in [0.5, 0.6) is 0 Å². The molecule has 7 heteroatoms. The first kappa shape index (κ1) is 12.3. The van der Waals surface area contributed by atoms with Crippen molar-refractivity contribution in [3.8, 4) is 0 Å². The van der Waals surface area contributed by atoms with E-state index in [1.54, 1.807) is 17.5 Å². The van der Waals surface area contributed by atoms with E-state index in [-0.39, 0.29) is 6.10 Å². The van der Waals surface area contributed by atoms with Gasteiger partial charge in [-0.05, 0) is 11.4 Å². The molecule has 1 saturated heterocycles. The molecule has 1 aliphatic rings. The van der Waals surface area contributed by atoms with Gasteiger partial charge < -0.3 is 4.74 Å². The fraction of sp³-hybridized carbons (Fsp3) is 0.556. The van der Waals surface area contributed by atoms with Gasteiger partial charge >= 0.3 is 0 Å². The van der Waals surface area contributed by atoms with Gasteiger partial charge in [0.1, 0.15) is 4.21 Å². The van der Waals surface area contributed by atoms with Crippen LogP contribution < -0.4 is 0 Å². The van der Waals surface area contributed by atoms with Gasteiger partial charge in [-0.3, -0.25) is 0 Å². The van der Waals surface area contributed by atoms with Crippen LogP contribution in [-0.4, -0.2) is 44.4 Å². The Bertz CT molecular complexity index is 432. The van der Waals surface area contributed by atoms with E-state index < -0.39 is 10.0 Å². The van der Waals surface area contributed by atoms with Crippen LogP contribution in [-0.2, 0) is 14.8 Å². The summed E-state index contributed by atoms with van der Waals surface area (Å²) >= 11 is 6.91. The van der Waals surface area contributed by atoms with Crippen molar-refractivity contribution < 1.29 is 13.2 Å². The average Bonchev–Trinajstić information content (AvgIpc) is 2.83. The topological polar surface area (TPSA) is 46.6 Å². The first-order chi connectivity index (χ1) is 7.64. The molecular weight excluding hydrogens is 270 g/mol. The van der Waals surface area contributed by atoms with E-state index in [9.17, 15) is 8.42 Å². The number of sulfonamides is 1. The van der Waals surface area contributed by atoms with Gasteiger partial charge in [-0.2, -0.15) is 4.31 Å². The number of rotatable bonds is 3. The molecule has 1 atom stereocenters. The highest BCUT2D eigenvalue weighted by molar-refractivity contribution is 7.91. The number of ether oxygens (including phenoxy) is 1. The van der Waals surface area contributed by atoms with E-state index >= 15 is 0 Å². The molecule has 0 amide bonds. The Morgan fingerprint density at radius 2 is 2.44 bits per heavy atom. The monoisotopic (exact) mass is 281 g/mol. The van der Waals surface area contributed by atoms with Gasteiger partial charge in [0, 0.05) is 19.0 Å². The molecule has 4 nitrogen and oxygen atoms in total. The van der Waals surface area contributed by atoms with Crippen molar-refractivity contribution in [3.63, 3.8) is 0 Å². The normalized spacial score (nSPS) is 23.4. The third-order valence-corrected chi connectivity index (χ3v) is 5.95. The number of nitrogens with zero attached hydrogens (tertiary/aromatic N) is 1. The summed E-state index contributed by atoms with van der Waals surface area (Å²) in [6.45, 7) is 1.14. The molecule has 0 N–H and O–H groups in total. The van der Waals surface area contributed by atoms with E-state index in [2.05, 4.69) is 0 Å². The molecule has 1 aromatic rings. The zero-order chi connectivity index (χ0) is 11.6. The van der Waals surface area contributed by atoms with E-state index in [1.807, 2.05) is 0 Å². The number of hydrogen-bond donors (Lipinski definition) is 0. The largest absolute Gasteiger partial charge is 0.374 e. The highest BCUT2D eigenvalue weighted by Gasteiger charge is 2.30. The fourth-order valence-corrected chi connectivity index (χ4v) is 4.33. The minimum atomic E-state index is -3.35. The fourth-order valence-electron chi connectivity index (χ4n) is 1.54. The average molecular weight is 282 g/mol. The van der Waals surface area contributed by atoms with Crippen LogP contribution in [0.1, 0.15) is 0 Å². The lowest BCUT2D eigenvalue weighted by molar-refractivity contribution is 0.0123. The van der Waals surface area contributed by atoms with Crippen molar-refractivity contribution in [2.75, 3.05) is 25.6 Å². The third-order valence-electron chi connectivity index (χ3n) is 2.36. The Hall–Kier alpha value is -0.140. The van der Waals surface area contributed by atoms with E-state index in [0.717, 1.165) is 0 Å². The smallest absolute Gasteiger partial charge is 0.252 e. The number of hydrogen-bond acceptors (Lipinski definition) is 4. The lowest BCUT2D eigenvalue weighted by Crippen LogP contribution is -2.45. The van der Waals surface area contributed by atoms with Gasteiger partial charge in [0.15, 0.2) is 0 Å². The zero-order valence-electron chi connectivity index (χ0n) is 8.50. The molecule has 0 aromatic carbocycles. The summed E-state index contributed by atoms with van der Waals surface area (Å²) in [7, 11) is -3.35. The standard InChI is InChI=1S/C9H12ClNO3S2/c10-6-8-7-11(3-4-14-8)16(12,13)9-2-1-5-15-9/h1-2,5,8H,3-4,6-7H2. The molecule has 16 heavy (non-hydrogen) atoms. The molecular formula is C9H12ClNO3S2. The summed E-state index contributed by atoms with van der Waals surface area (Å²) in [5.41, 5.74) is 0. The lowest BCUT2D eigenvalue weighted by Gasteiger charge is -2.30. The van der Waals surface area contributed by atoms with Crippen molar-refractivity contribution in [2.24, 2.45) is 0 Å². The quantitative estimate of drug-likeness (QED) is 0.787. The SMILES string of the molecule is O=S(=O)(c1cccs1)N1CCOC(CCl)C1. The summed E-state index contributed by atoms with van der Waals surface area (Å²) in [5.74, 6) is 0.316. The Morgan fingerprint density at radius 1 is 1.62 bits per heavy atom. The first-order valence-electron chi connectivity index (χ1n) is 4.86. The molecule has 2 rings (SSSR count). The molecule has 0 spiro atoms. The summed E-state index contributed by atoms with van der Waals surface area (Å²) in [4.78, 5) is 0. The molecule has 0 saturated carbocycles. The third kappa shape index (κ3) is 2.41. The maximum atomic E-state index is 12.1. The highest BCUT2D eigenvalue weighted by atomic mass is 35.5. The van der Waals surface area contributed by atoms with Crippen LogP contribution in [0, 0.1) is 0 Å². The van der Waals surface area contributed by atoms with E-state index in [1.165, 1.54) is 15.6 Å². The molecule has 0 radical (unpaired) electrons. The summed E-state index contributed by atoms with van der Waals surface area (Å²) in [5, 5.41) is 1.76. The van der Waals surface area contributed by atoms with Crippen LogP contribution in [0.25, 0.3) is 0 Å². The summed E-state index contributed by atoms with van der Waals surface area (Å²) < 4.78 is 31.4. The summed E-state index contributed by atoms with van der Waals surface area (Å²) in [6.07, 6.45) is -0.204. The van der Waals surface area contributed by atoms with E-state index in [4.69, 9.17) is 16.3 Å². The Balaban J connectivity index is 2.18. The van der Waals surface area contributed by atoms with Crippen molar-refractivity contribution in [2.45, 2.75) is 10.3 Å². The predicted molar refractivity (Wildman–Crippen MR) is 63.5 cm³/mol. The van der Waals surface area contributed by atoms with Crippen molar-refractivity contribution in [1.29, 1.82) is 0 Å². The van der Waals surface area contributed by atoms with Crippen molar-refractivity contribution in [3.05, 3.63) is 17.5 Å². The van der Waals surface area contributed by atoms with Gasteiger partial charge in [0.05, 0.1) is 12.7 Å². The molecule has 0 bridgehead atoms. The van der Waals surface area contributed by atoms with Crippen molar-refractivity contribution >= 4 is 33.0 Å². The van der Waals surface area contributed by atoms with Gasteiger partial charge in [0.2, 0.25) is 0 Å². The van der Waals surface area contributed by atoms with Crippen LogP contribution in [0.4, 0.5) is 0 Å². The van der Waals surface area contributed by atoms with Gasteiger partial charge in [-0.25, -0.2) is 8.42 Å². The number of alkyl halides is 1.